The van der Waals surface area contributed by atoms with E-state index in [9.17, 15) is 5.11 Å². The highest BCUT2D eigenvalue weighted by Crippen LogP contribution is 2.28. The van der Waals surface area contributed by atoms with Crippen molar-refractivity contribution < 1.29 is 5.11 Å². The van der Waals surface area contributed by atoms with E-state index in [2.05, 4.69) is 10.2 Å². The van der Waals surface area contributed by atoms with Gasteiger partial charge in [0.15, 0.2) is 0 Å². The largest absolute Gasteiger partial charge is 0.506 e. The summed E-state index contributed by atoms with van der Waals surface area (Å²) in [7, 11) is 0. The Morgan fingerprint density at radius 1 is 1.27 bits per heavy atom. The van der Waals surface area contributed by atoms with Gasteiger partial charge in [0.1, 0.15) is 5.75 Å². The minimum atomic E-state index is 0. The Labute approximate surface area is 100 Å². The van der Waals surface area contributed by atoms with Crippen LogP contribution in [0.15, 0.2) is 18.2 Å². The lowest BCUT2D eigenvalue weighted by atomic mass is 10.2. The first-order valence-electron chi connectivity index (χ1n) is 4.71. The van der Waals surface area contributed by atoms with Crippen molar-refractivity contribution >= 4 is 29.7 Å². The summed E-state index contributed by atoms with van der Waals surface area (Å²) in [4.78, 5) is 2.25. The molecule has 1 aliphatic rings. The van der Waals surface area contributed by atoms with Gasteiger partial charge >= 0.3 is 0 Å². The second-order valence-electron chi connectivity index (χ2n) is 3.37. The number of phenols is 1. The van der Waals surface area contributed by atoms with Crippen LogP contribution in [0.2, 0.25) is 5.02 Å². The fourth-order valence-electron chi connectivity index (χ4n) is 1.62. The monoisotopic (exact) mass is 248 g/mol. The summed E-state index contributed by atoms with van der Waals surface area (Å²) in [6.45, 7) is 3.97. The molecule has 0 amide bonds. The number of halogens is 2. The lowest BCUT2D eigenvalue weighted by Crippen LogP contribution is -2.43. The Bertz CT molecular complexity index is 327. The average molecular weight is 249 g/mol. The zero-order chi connectivity index (χ0) is 9.97. The zero-order valence-corrected chi connectivity index (χ0v) is 9.81. The molecule has 84 valence electrons. The average Bonchev–Trinajstić information content (AvgIpc) is 2.23. The Morgan fingerprint density at radius 2 is 1.93 bits per heavy atom. The molecular formula is C10H14Cl2N2O. The van der Waals surface area contributed by atoms with Gasteiger partial charge in [-0.1, -0.05) is 11.6 Å². The first-order chi connectivity index (χ1) is 6.77. The highest BCUT2D eigenvalue weighted by Gasteiger charge is 2.11. The molecular weight excluding hydrogens is 235 g/mol. The lowest BCUT2D eigenvalue weighted by molar-refractivity contribution is 0.475. The van der Waals surface area contributed by atoms with Crippen molar-refractivity contribution in [3.05, 3.63) is 23.2 Å². The molecule has 1 aromatic carbocycles. The molecule has 0 aliphatic carbocycles. The number of benzene rings is 1. The van der Waals surface area contributed by atoms with E-state index in [1.54, 1.807) is 6.07 Å². The lowest BCUT2D eigenvalue weighted by Gasteiger charge is -2.29. The second-order valence-corrected chi connectivity index (χ2v) is 3.78. The third kappa shape index (κ3) is 2.91. The molecule has 0 spiro atoms. The third-order valence-electron chi connectivity index (χ3n) is 2.41. The van der Waals surface area contributed by atoms with Gasteiger partial charge in [-0.2, -0.15) is 0 Å². The van der Waals surface area contributed by atoms with Crippen LogP contribution in [0.5, 0.6) is 5.75 Å². The van der Waals surface area contributed by atoms with Crippen molar-refractivity contribution in [3.8, 4) is 5.75 Å². The smallest absolute Gasteiger partial charge is 0.134 e. The molecule has 0 unspecified atom stereocenters. The highest BCUT2D eigenvalue weighted by atomic mass is 35.5. The van der Waals surface area contributed by atoms with Crippen LogP contribution in [0.3, 0.4) is 0 Å². The Hall–Kier alpha value is -0.640. The van der Waals surface area contributed by atoms with Crippen LogP contribution in [-0.2, 0) is 0 Å². The number of piperazine rings is 1. The molecule has 0 saturated carbocycles. The number of hydrogen-bond donors (Lipinski definition) is 2. The molecule has 0 radical (unpaired) electrons. The molecule has 3 nitrogen and oxygen atoms in total. The van der Waals surface area contributed by atoms with Crippen molar-refractivity contribution in [1.82, 2.24) is 5.32 Å². The van der Waals surface area contributed by atoms with Crippen molar-refractivity contribution in [2.45, 2.75) is 0 Å². The molecule has 1 saturated heterocycles. The summed E-state index contributed by atoms with van der Waals surface area (Å²) >= 11 is 5.84. The predicted molar refractivity (Wildman–Crippen MR) is 65.4 cm³/mol. The van der Waals surface area contributed by atoms with Gasteiger partial charge in [-0.15, -0.1) is 12.4 Å². The van der Waals surface area contributed by atoms with Gasteiger partial charge in [0.25, 0.3) is 0 Å². The molecule has 2 rings (SSSR count). The van der Waals surface area contributed by atoms with Crippen molar-refractivity contribution in [3.63, 3.8) is 0 Å². The number of nitrogens with zero attached hydrogens (tertiary/aromatic N) is 1. The molecule has 2 N–H and O–H groups in total. The maximum absolute atomic E-state index is 9.28. The Morgan fingerprint density at radius 3 is 2.53 bits per heavy atom. The van der Waals surface area contributed by atoms with E-state index in [1.165, 1.54) is 0 Å². The van der Waals surface area contributed by atoms with Gasteiger partial charge < -0.3 is 15.3 Å². The van der Waals surface area contributed by atoms with E-state index >= 15 is 0 Å². The van der Waals surface area contributed by atoms with Crippen LogP contribution in [0.1, 0.15) is 0 Å². The van der Waals surface area contributed by atoms with Gasteiger partial charge in [-0.3, -0.25) is 0 Å². The number of anilines is 1. The van der Waals surface area contributed by atoms with E-state index in [1.807, 2.05) is 12.1 Å². The number of rotatable bonds is 1. The van der Waals surface area contributed by atoms with Crippen molar-refractivity contribution in [1.29, 1.82) is 0 Å². The maximum Gasteiger partial charge on any atom is 0.134 e. The van der Waals surface area contributed by atoms with E-state index in [4.69, 9.17) is 11.6 Å². The fourth-order valence-corrected chi connectivity index (χ4v) is 1.79. The molecule has 1 aromatic rings. The quantitative estimate of drug-likeness (QED) is 0.797. The molecule has 1 heterocycles. The van der Waals surface area contributed by atoms with Crippen LogP contribution in [0.25, 0.3) is 0 Å². The molecule has 1 aliphatic heterocycles. The summed E-state index contributed by atoms with van der Waals surface area (Å²) in [6, 6.07) is 5.34. The Balaban J connectivity index is 0.00000112. The summed E-state index contributed by atoms with van der Waals surface area (Å²) in [5, 5.41) is 13.0. The van der Waals surface area contributed by atoms with Crippen molar-refractivity contribution in [2.24, 2.45) is 0 Å². The van der Waals surface area contributed by atoms with E-state index in [-0.39, 0.29) is 18.2 Å². The van der Waals surface area contributed by atoms with Gasteiger partial charge in [0.05, 0.1) is 5.02 Å². The molecule has 5 heteroatoms. The fraction of sp³-hybridized carbons (Fsp3) is 0.400. The van der Waals surface area contributed by atoms with Crippen molar-refractivity contribution in [2.75, 3.05) is 31.1 Å². The summed E-state index contributed by atoms with van der Waals surface area (Å²) < 4.78 is 0. The molecule has 1 fully saturated rings. The topological polar surface area (TPSA) is 35.5 Å². The second kappa shape index (κ2) is 5.45. The normalized spacial score (nSPS) is 15.9. The molecule has 15 heavy (non-hydrogen) atoms. The maximum atomic E-state index is 9.28. The number of phenolic OH excluding ortho intramolecular Hbond substituents is 1. The van der Waals surface area contributed by atoms with Crippen LogP contribution < -0.4 is 10.2 Å². The summed E-state index contributed by atoms with van der Waals surface area (Å²) in [6.07, 6.45) is 0. The van der Waals surface area contributed by atoms with E-state index in [0.717, 1.165) is 31.9 Å². The van der Waals surface area contributed by atoms with Gasteiger partial charge in [0, 0.05) is 31.9 Å². The van der Waals surface area contributed by atoms with Gasteiger partial charge in [-0.05, 0) is 18.2 Å². The minimum Gasteiger partial charge on any atom is -0.506 e. The standard InChI is InChI=1S/C10H13ClN2O.ClH/c11-9-7-8(1-2-10(9)14)13-5-3-12-4-6-13;/h1-2,7,12,14H,3-6H2;1H. The predicted octanol–water partition coefficient (Wildman–Crippen LogP) is 1.88. The number of hydrogen-bond acceptors (Lipinski definition) is 3. The van der Waals surface area contributed by atoms with Gasteiger partial charge in [-0.25, -0.2) is 0 Å². The Kier molecular flexibility index (Phi) is 4.51. The van der Waals surface area contributed by atoms with E-state index in [0.29, 0.717) is 5.02 Å². The first kappa shape index (κ1) is 12.4. The third-order valence-corrected chi connectivity index (χ3v) is 2.72. The highest BCUT2D eigenvalue weighted by molar-refractivity contribution is 6.32. The van der Waals surface area contributed by atoms with Gasteiger partial charge in [0.2, 0.25) is 0 Å². The first-order valence-corrected chi connectivity index (χ1v) is 5.09. The summed E-state index contributed by atoms with van der Waals surface area (Å²) in [5.74, 6) is 0.144. The molecule has 0 aromatic heterocycles. The molecule has 0 atom stereocenters. The zero-order valence-electron chi connectivity index (χ0n) is 8.24. The number of nitrogens with one attached hydrogen (secondary N) is 1. The SMILES string of the molecule is Cl.Oc1ccc(N2CCNCC2)cc1Cl. The van der Waals surface area contributed by atoms with Crippen LogP contribution >= 0.6 is 24.0 Å². The van der Waals surface area contributed by atoms with Crippen LogP contribution in [0, 0.1) is 0 Å². The van der Waals surface area contributed by atoms with Crippen LogP contribution in [0.4, 0.5) is 5.69 Å². The molecule has 0 bridgehead atoms. The van der Waals surface area contributed by atoms with Crippen LogP contribution in [-0.4, -0.2) is 31.3 Å². The number of aromatic hydroxyl groups is 1. The minimum absolute atomic E-state index is 0. The summed E-state index contributed by atoms with van der Waals surface area (Å²) in [5.41, 5.74) is 1.08. The van der Waals surface area contributed by atoms with E-state index < -0.39 is 0 Å².